The van der Waals surface area contributed by atoms with Crippen molar-refractivity contribution >= 4 is 38.5 Å². The predicted octanol–water partition coefficient (Wildman–Crippen LogP) is 3.02. The van der Waals surface area contributed by atoms with Gasteiger partial charge in [-0.3, -0.25) is 10.2 Å². The largest absolute Gasteiger partial charge is 0.451 e. The van der Waals surface area contributed by atoms with Gasteiger partial charge in [0.15, 0.2) is 5.76 Å². The van der Waals surface area contributed by atoms with Crippen LogP contribution >= 0.6 is 11.6 Å². The summed E-state index contributed by atoms with van der Waals surface area (Å²) in [5, 5.41) is 1.04. The molecule has 1 aromatic heterocycles. The highest BCUT2D eigenvalue weighted by atomic mass is 35.5. The number of furan rings is 1. The van der Waals surface area contributed by atoms with E-state index in [9.17, 15) is 13.2 Å². The fraction of sp³-hybridized carbons (Fsp3) is 0.0625. The molecule has 0 unspecified atom stereocenters. The molecule has 1 heterocycles. The molecule has 0 saturated carbocycles. The molecular weight excluding hydrogens is 352 g/mol. The van der Waals surface area contributed by atoms with Gasteiger partial charge in [0.2, 0.25) is 0 Å². The molecule has 0 saturated heterocycles. The molecule has 0 aliphatic heterocycles. The van der Waals surface area contributed by atoms with E-state index in [1.807, 2.05) is 23.9 Å². The van der Waals surface area contributed by atoms with Crippen molar-refractivity contribution < 1.29 is 17.6 Å². The molecule has 8 heteroatoms. The Labute approximate surface area is 143 Å². The first kappa shape index (κ1) is 16.5. The third kappa shape index (κ3) is 3.43. The summed E-state index contributed by atoms with van der Waals surface area (Å²) in [7, 11) is -3.93. The fourth-order valence-electron chi connectivity index (χ4n) is 2.14. The highest BCUT2D eigenvalue weighted by Crippen LogP contribution is 2.20. The number of hydrazine groups is 1. The number of carbonyl (C=O) groups is 1. The smallest absolute Gasteiger partial charge is 0.301 e. The van der Waals surface area contributed by atoms with Crippen LogP contribution in [0, 0.1) is 6.92 Å². The number of hydrogen-bond acceptors (Lipinski definition) is 4. The summed E-state index contributed by atoms with van der Waals surface area (Å²) in [6.45, 7) is 1.92. The van der Waals surface area contributed by atoms with E-state index in [1.165, 1.54) is 18.2 Å². The van der Waals surface area contributed by atoms with Crippen molar-refractivity contribution in [3.63, 3.8) is 0 Å². The van der Waals surface area contributed by atoms with Crippen molar-refractivity contribution in [2.75, 3.05) is 0 Å². The van der Waals surface area contributed by atoms with Gasteiger partial charge >= 0.3 is 5.91 Å². The molecule has 0 radical (unpaired) electrons. The molecule has 0 atom stereocenters. The van der Waals surface area contributed by atoms with Gasteiger partial charge in [0.05, 0.1) is 4.90 Å². The van der Waals surface area contributed by atoms with E-state index in [0.29, 0.717) is 5.58 Å². The molecule has 2 N–H and O–H groups in total. The SMILES string of the molecule is Cc1ccc2oc(C(=O)NNS(=O)(=O)c3cccc(Cl)c3)cc2c1. The normalized spacial score (nSPS) is 11.6. The summed E-state index contributed by atoms with van der Waals surface area (Å²) in [6, 6.07) is 12.7. The van der Waals surface area contributed by atoms with Crippen molar-refractivity contribution in [2.24, 2.45) is 0 Å². The van der Waals surface area contributed by atoms with Crippen molar-refractivity contribution in [1.82, 2.24) is 10.3 Å². The zero-order chi connectivity index (χ0) is 17.3. The van der Waals surface area contributed by atoms with E-state index in [1.54, 1.807) is 18.2 Å². The lowest BCUT2D eigenvalue weighted by molar-refractivity contribution is 0.0919. The Morgan fingerprint density at radius 2 is 1.92 bits per heavy atom. The van der Waals surface area contributed by atoms with Gasteiger partial charge in [0, 0.05) is 10.4 Å². The Morgan fingerprint density at radius 3 is 2.67 bits per heavy atom. The van der Waals surface area contributed by atoms with E-state index < -0.39 is 15.9 Å². The third-order valence-electron chi connectivity index (χ3n) is 3.30. The van der Waals surface area contributed by atoms with Gasteiger partial charge in [-0.1, -0.05) is 29.3 Å². The number of aryl methyl sites for hydroxylation is 1. The average Bonchev–Trinajstić information content (AvgIpc) is 2.96. The van der Waals surface area contributed by atoms with E-state index in [-0.39, 0.29) is 15.7 Å². The van der Waals surface area contributed by atoms with Gasteiger partial charge in [-0.25, -0.2) is 8.42 Å². The standard InChI is InChI=1S/C16H13ClN2O4S/c1-10-5-6-14-11(7-10)8-15(23-14)16(20)18-19-24(21,22)13-4-2-3-12(17)9-13/h2-9,19H,1H3,(H,18,20). The molecule has 0 bridgehead atoms. The van der Waals surface area contributed by atoms with Crippen LogP contribution < -0.4 is 10.3 Å². The second kappa shape index (κ2) is 6.27. The second-order valence-electron chi connectivity index (χ2n) is 5.17. The number of nitrogens with one attached hydrogen (secondary N) is 2. The number of benzene rings is 2. The van der Waals surface area contributed by atoms with E-state index in [0.717, 1.165) is 10.9 Å². The Morgan fingerprint density at radius 1 is 1.12 bits per heavy atom. The predicted molar refractivity (Wildman–Crippen MR) is 90.2 cm³/mol. The molecule has 0 fully saturated rings. The van der Waals surface area contributed by atoms with E-state index in [4.69, 9.17) is 16.0 Å². The maximum absolute atomic E-state index is 12.1. The molecule has 1 amide bonds. The van der Waals surface area contributed by atoms with Gasteiger partial charge < -0.3 is 4.42 Å². The molecule has 0 aliphatic carbocycles. The third-order valence-corrected chi connectivity index (χ3v) is 4.78. The summed E-state index contributed by atoms with van der Waals surface area (Å²) >= 11 is 5.77. The molecule has 124 valence electrons. The molecule has 3 aromatic rings. The lowest BCUT2D eigenvalue weighted by Crippen LogP contribution is -2.41. The summed E-state index contributed by atoms with van der Waals surface area (Å²) in [5.74, 6) is -0.696. The zero-order valence-corrected chi connectivity index (χ0v) is 14.1. The van der Waals surface area contributed by atoms with Crippen molar-refractivity contribution in [3.8, 4) is 0 Å². The lowest BCUT2D eigenvalue weighted by atomic mass is 10.2. The fourth-order valence-corrected chi connectivity index (χ4v) is 3.28. The van der Waals surface area contributed by atoms with Crippen LogP contribution in [0.5, 0.6) is 0 Å². The van der Waals surface area contributed by atoms with Crippen LogP contribution in [0.15, 0.2) is 57.8 Å². The van der Waals surface area contributed by atoms with Gasteiger partial charge in [-0.15, -0.1) is 4.83 Å². The van der Waals surface area contributed by atoms with Crippen LogP contribution in [-0.4, -0.2) is 14.3 Å². The first-order valence-corrected chi connectivity index (χ1v) is 8.79. The number of fused-ring (bicyclic) bond motifs is 1. The van der Waals surface area contributed by atoms with Crippen LogP contribution in [0.4, 0.5) is 0 Å². The maximum Gasteiger partial charge on any atom is 0.301 e. The van der Waals surface area contributed by atoms with Crippen LogP contribution in [0.25, 0.3) is 11.0 Å². The van der Waals surface area contributed by atoms with Gasteiger partial charge in [0.25, 0.3) is 10.0 Å². The quantitative estimate of drug-likeness (QED) is 0.696. The van der Waals surface area contributed by atoms with Crippen molar-refractivity contribution in [2.45, 2.75) is 11.8 Å². The number of halogens is 1. The molecule has 24 heavy (non-hydrogen) atoms. The minimum Gasteiger partial charge on any atom is -0.451 e. The number of carbonyl (C=O) groups excluding carboxylic acids is 1. The Kier molecular flexibility index (Phi) is 4.31. The number of amides is 1. The Bertz CT molecular complexity index is 1030. The molecule has 6 nitrogen and oxygen atoms in total. The van der Waals surface area contributed by atoms with Crippen LogP contribution in [0.3, 0.4) is 0 Å². The van der Waals surface area contributed by atoms with Crippen LogP contribution in [0.2, 0.25) is 5.02 Å². The van der Waals surface area contributed by atoms with E-state index in [2.05, 4.69) is 5.43 Å². The number of sulfonamides is 1. The average molecular weight is 365 g/mol. The highest BCUT2D eigenvalue weighted by Gasteiger charge is 2.18. The van der Waals surface area contributed by atoms with Gasteiger partial charge in [-0.05, 0) is 43.3 Å². The van der Waals surface area contributed by atoms with Crippen LogP contribution in [0.1, 0.15) is 16.1 Å². The van der Waals surface area contributed by atoms with Gasteiger partial charge in [0.1, 0.15) is 5.58 Å². The Balaban J connectivity index is 1.76. The lowest BCUT2D eigenvalue weighted by Gasteiger charge is -2.07. The van der Waals surface area contributed by atoms with Crippen molar-refractivity contribution in [1.29, 1.82) is 0 Å². The molecule has 2 aromatic carbocycles. The van der Waals surface area contributed by atoms with Crippen molar-refractivity contribution in [3.05, 3.63) is 64.9 Å². The maximum atomic E-state index is 12.1. The summed E-state index contributed by atoms with van der Waals surface area (Å²) < 4.78 is 29.7. The minimum atomic E-state index is -3.93. The first-order valence-electron chi connectivity index (χ1n) is 6.93. The summed E-state index contributed by atoms with van der Waals surface area (Å²) in [4.78, 5) is 14.0. The zero-order valence-electron chi connectivity index (χ0n) is 12.5. The Hall–Kier alpha value is -2.35. The topological polar surface area (TPSA) is 88.4 Å². The molecule has 3 rings (SSSR count). The second-order valence-corrected chi connectivity index (χ2v) is 7.29. The monoisotopic (exact) mass is 364 g/mol. The van der Waals surface area contributed by atoms with Crippen LogP contribution in [-0.2, 0) is 10.0 Å². The first-order chi connectivity index (χ1) is 11.3. The van der Waals surface area contributed by atoms with E-state index >= 15 is 0 Å². The molecular formula is C16H13ClN2O4S. The van der Waals surface area contributed by atoms with Gasteiger partial charge in [-0.2, -0.15) is 0 Å². The summed E-state index contributed by atoms with van der Waals surface area (Å²) in [6.07, 6.45) is 0. The molecule has 0 spiro atoms. The molecule has 0 aliphatic rings. The number of hydrogen-bond donors (Lipinski definition) is 2. The summed E-state index contributed by atoms with van der Waals surface area (Å²) in [5.41, 5.74) is 3.69. The minimum absolute atomic E-state index is 0.00407. The highest BCUT2D eigenvalue weighted by molar-refractivity contribution is 7.89. The number of rotatable bonds is 4.